The summed E-state index contributed by atoms with van der Waals surface area (Å²) in [5.74, 6) is -0.283. The summed E-state index contributed by atoms with van der Waals surface area (Å²) < 4.78 is 0. The predicted molar refractivity (Wildman–Crippen MR) is 60.9 cm³/mol. The van der Waals surface area contributed by atoms with Gasteiger partial charge in [-0.25, -0.2) is 0 Å². The van der Waals surface area contributed by atoms with Crippen LogP contribution in [-0.2, 0) is 4.79 Å². The van der Waals surface area contributed by atoms with Crippen molar-refractivity contribution in [3.05, 3.63) is 0 Å². The summed E-state index contributed by atoms with van der Waals surface area (Å²) in [5.41, 5.74) is 0.255. The molecule has 0 aromatic heterocycles. The predicted octanol–water partition coefficient (Wildman–Crippen LogP) is 2.36. The van der Waals surface area contributed by atoms with Gasteiger partial charge in [-0.05, 0) is 26.2 Å². The van der Waals surface area contributed by atoms with Crippen molar-refractivity contribution in [1.29, 1.82) is 0 Å². The van der Waals surface area contributed by atoms with E-state index in [0.29, 0.717) is 12.3 Å². The van der Waals surface area contributed by atoms with Gasteiger partial charge in [0, 0.05) is 18.6 Å². The van der Waals surface area contributed by atoms with Gasteiger partial charge in [-0.1, -0.05) is 19.8 Å². The van der Waals surface area contributed by atoms with Gasteiger partial charge in [0.05, 0.1) is 6.42 Å². The van der Waals surface area contributed by atoms with Crippen LogP contribution in [0.5, 0.6) is 0 Å². The fourth-order valence-corrected chi connectivity index (χ4v) is 2.21. The second-order valence-electron chi connectivity index (χ2n) is 5.28. The van der Waals surface area contributed by atoms with Gasteiger partial charge in [0.1, 0.15) is 0 Å². The van der Waals surface area contributed by atoms with E-state index in [2.05, 4.69) is 25.7 Å². The van der Waals surface area contributed by atoms with Crippen LogP contribution in [0.25, 0.3) is 0 Å². The number of likely N-dealkylation sites (tertiary alicyclic amines) is 1. The molecular formula is C12H23NO2. The maximum absolute atomic E-state index is 10.5. The highest BCUT2D eigenvalue weighted by Crippen LogP contribution is 2.30. The van der Waals surface area contributed by atoms with E-state index in [1.54, 1.807) is 0 Å². The van der Waals surface area contributed by atoms with Gasteiger partial charge in [0.2, 0.25) is 0 Å². The summed E-state index contributed by atoms with van der Waals surface area (Å²) in [6, 6.07) is 0. The third-order valence-corrected chi connectivity index (χ3v) is 3.42. The van der Waals surface area contributed by atoms with Gasteiger partial charge in [0.25, 0.3) is 0 Å². The van der Waals surface area contributed by atoms with E-state index in [4.69, 9.17) is 5.11 Å². The molecule has 1 aliphatic heterocycles. The van der Waals surface area contributed by atoms with Crippen LogP contribution in [0, 0.1) is 5.92 Å². The minimum atomic E-state index is -0.661. The largest absolute Gasteiger partial charge is 0.481 e. The average molecular weight is 213 g/mol. The molecule has 15 heavy (non-hydrogen) atoms. The van der Waals surface area contributed by atoms with E-state index < -0.39 is 5.97 Å². The van der Waals surface area contributed by atoms with Crippen molar-refractivity contribution in [3.63, 3.8) is 0 Å². The molecule has 0 amide bonds. The van der Waals surface area contributed by atoms with Crippen LogP contribution in [0.4, 0.5) is 0 Å². The van der Waals surface area contributed by atoms with Crippen molar-refractivity contribution in [1.82, 2.24) is 4.90 Å². The van der Waals surface area contributed by atoms with Gasteiger partial charge < -0.3 is 5.11 Å². The molecule has 0 aromatic rings. The molecule has 0 unspecified atom stereocenters. The van der Waals surface area contributed by atoms with Crippen molar-refractivity contribution in [2.45, 2.75) is 52.0 Å². The summed E-state index contributed by atoms with van der Waals surface area (Å²) in [5, 5.41) is 8.66. The third kappa shape index (κ3) is 3.49. The molecule has 0 aromatic carbocycles. The summed E-state index contributed by atoms with van der Waals surface area (Å²) in [7, 11) is 0. The molecule has 3 nitrogen and oxygen atoms in total. The molecule has 0 saturated carbocycles. The van der Waals surface area contributed by atoms with Crippen molar-refractivity contribution >= 4 is 5.97 Å². The highest BCUT2D eigenvalue weighted by Gasteiger charge is 2.37. The topological polar surface area (TPSA) is 40.5 Å². The number of carboxylic acids is 1. The molecule has 0 atom stereocenters. The Kier molecular flexibility index (Phi) is 4.14. The van der Waals surface area contributed by atoms with Crippen LogP contribution in [0.1, 0.15) is 46.5 Å². The first-order valence-corrected chi connectivity index (χ1v) is 5.92. The van der Waals surface area contributed by atoms with E-state index in [1.807, 2.05) is 0 Å². The number of aliphatic carboxylic acids is 1. The summed E-state index contributed by atoms with van der Waals surface area (Å²) in [4.78, 5) is 12.9. The number of rotatable bonds is 6. The minimum Gasteiger partial charge on any atom is -0.481 e. The fourth-order valence-electron chi connectivity index (χ4n) is 2.21. The number of hydrogen-bond acceptors (Lipinski definition) is 2. The summed E-state index contributed by atoms with van der Waals surface area (Å²) in [6.45, 7) is 8.66. The van der Waals surface area contributed by atoms with Crippen molar-refractivity contribution in [3.8, 4) is 0 Å². The van der Waals surface area contributed by atoms with Crippen LogP contribution in [-0.4, -0.2) is 34.6 Å². The third-order valence-electron chi connectivity index (χ3n) is 3.42. The zero-order valence-electron chi connectivity index (χ0n) is 10.1. The molecule has 0 bridgehead atoms. The monoisotopic (exact) mass is 213 g/mol. The minimum absolute atomic E-state index is 0.255. The van der Waals surface area contributed by atoms with Crippen LogP contribution in [0.15, 0.2) is 0 Å². The van der Waals surface area contributed by atoms with Gasteiger partial charge in [0.15, 0.2) is 0 Å². The van der Waals surface area contributed by atoms with Crippen molar-refractivity contribution in [2.24, 2.45) is 5.92 Å². The van der Waals surface area contributed by atoms with Crippen LogP contribution >= 0.6 is 0 Å². The molecule has 88 valence electrons. The molecule has 0 aliphatic carbocycles. The highest BCUT2D eigenvalue weighted by atomic mass is 16.4. The van der Waals surface area contributed by atoms with Crippen LogP contribution < -0.4 is 0 Å². The quantitative estimate of drug-likeness (QED) is 0.736. The van der Waals surface area contributed by atoms with Gasteiger partial charge in [-0.3, -0.25) is 9.69 Å². The zero-order chi connectivity index (χ0) is 11.5. The Bertz CT molecular complexity index is 220. The molecule has 1 N–H and O–H groups in total. The van der Waals surface area contributed by atoms with E-state index in [0.717, 1.165) is 13.1 Å². The molecule has 1 heterocycles. The maximum atomic E-state index is 10.5. The number of unbranched alkanes of at least 4 members (excludes halogenated alkanes) is 1. The van der Waals surface area contributed by atoms with E-state index in [-0.39, 0.29) is 5.54 Å². The number of nitrogens with zero attached hydrogens (tertiary/aromatic N) is 1. The second-order valence-corrected chi connectivity index (χ2v) is 5.28. The van der Waals surface area contributed by atoms with E-state index in [1.165, 1.54) is 19.3 Å². The Morgan fingerprint density at radius 2 is 2.07 bits per heavy atom. The first-order chi connectivity index (χ1) is 6.95. The highest BCUT2D eigenvalue weighted by molar-refractivity contribution is 5.67. The Morgan fingerprint density at radius 3 is 2.53 bits per heavy atom. The van der Waals surface area contributed by atoms with Gasteiger partial charge >= 0.3 is 5.97 Å². The smallest absolute Gasteiger partial charge is 0.303 e. The van der Waals surface area contributed by atoms with Gasteiger partial charge in [-0.2, -0.15) is 0 Å². The Hall–Kier alpha value is -0.570. The molecule has 1 aliphatic rings. The number of carboxylic acid groups (broad SMARTS) is 1. The number of hydrogen-bond donors (Lipinski definition) is 1. The normalized spacial score (nSPS) is 18.9. The Labute approximate surface area is 92.5 Å². The maximum Gasteiger partial charge on any atom is 0.303 e. The molecule has 1 fully saturated rings. The zero-order valence-corrected chi connectivity index (χ0v) is 10.1. The molecule has 3 heteroatoms. The van der Waals surface area contributed by atoms with Crippen LogP contribution in [0.2, 0.25) is 0 Å². The first kappa shape index (κ1) is 12.5. The first-order valence-electron chi connectivity index (χ1n) is 5.92. The Balaban J connectivity index is 2.27. The Morgan fingerprint density at radius 1 is 1.47 bits per heavy atom. The molecule has 1 saturated heterocycles. The lowest BCUT2D eigenvalue weighted by atomic mass is 9.86. The van der Waals surface area contributed by atoms with E-state index in [9.17, 15) is 4.79 Å². The molecule has 0 radical (unpaired) electrons. The molecule has 1 rings (SSSR count). The standard InChI is InChI=1S/C12H23NO2/c1-4-5-6-12(2,3)13-8-10(9-13)7-11(14)15/h10H,4-9H2,1-3H3,(H,14,15). The molecule has 0 spiro atoms. The summed E-state index contributed by atoms with van der Waals surface area (Å²) in [6.07, 6.45) is 4.03. The summed E-state index contributed by atoms with van der Waals surface area (Å²) >= 11 is 0. The lowest BCUT2D eigenvalue weighted by molar-refractivity contribution is -0.140. The number of carbonyl (C=O) groups is 1. The van der Waals surface area contributed by atoms with Crippen LogP contribution in [0.3, 0.4) is 0 Å². The lowest BCUT2D eigenvalue weighted by Gasteiger charge is -2.49. The lowest BCUT2D eigenvalue weighted by Crippen LogP contribution is -2.57. The SMILES string of the molecule is CCCCC(C)(C)N1CC(CC(=O)O)C1. The average Bonchev–Trinajstić information content (AvgIpc) is 2.06. The second kappa shape index (κ2) is 4.97. The molecular weight excluding hydrogens is 190 g/mol. The van der Waals surface area contributed by atoms with Crippen molar-refractivity contribution in [2.75, 3.05) is 13.1 Å². The van der Waals surface area contributed by atoms with Gasteiger partial charge in [-0.15, -0.1) is 0 Å². The van der Waals surface area contributed by atoms with Crippen molar-refractivity contribution < 1.29 is 9.90 Å². The fraction of sp³-hybridized carbons (Fsp3) is 0.917. The van der Waals surface area contributed by atoms with E-state index >= 15 is 0 Å².